The van der Waals surface area contributed by atoms with Crippen molar-refractivity contribution < 1.29 is 56.7 Å². The zero-order valence-electron chi connectivity index (χ0n) is 46.2. The molecule has 0 N–H and O–H groups in total. The average Bonchev–Trinajstić information content (AvgIpc) is 4.19. The van der Waals surface area contributed by atoms with Gasteiger partial charge in [-0.1, -0.05) is 90.2 Å². The largest absolute Gasteiger partial charge is 0.412 e. The molecule has 0 radical (unpaired) electrons. The Morgan fingerprint density at radius 1 is 0.737 bits per heavy atom. The fraction of sp³-hybridized carbons (Fsp3) is 0.694. The molecule has 5 unspecified atom stereocenters. The molecule has 2 aromatic rings. The fourth-order valence-corrected chi connectivity index (χ4v) is 16.7. The molecule has 11 aliphatic heterocycles. The van der Waals surface area contributed by atoms with Gasteiger partial charge in [-0.2, -0.15) is 0 Å². The highest BCUT2D eigenvalue weighted by atomic mass is 28.4. The first-order valence-corrected chi connectivity index (χ1v) is 31.9. The molecule has 12 bridgehead atoms. The highest BCUT2D eigenvalue weighted by Gasteiger charge is 2.73. The van der Waals surface area contributed by atoms with E-state index < -0.39 is 43.9 Å². The third-order valence-electron chi connectivity index (χ3n) is 20.4. The third-order valence-corrected chi connectivity index (χ3v) is 24.9. The Bertz CT molecular complexity index is 2550. The fourth-order valence-electron chi connectivity index (χ4n) is 15.3. The molecule has 412 valence electrons. The molecule has 13 rings (SSSR count). The number of hydrogen-bond acceptors (Lipinski definition) is 12. The molecule has 0 saturated carbocycles. The quantitative estimate of drug-likeness (QED) is 0.141. The van der Waals surface area contributed by atoms with Crippen LogP contribution in [0, 0.1) is 23.7 Å². The molecular formula is C62H83NO12Si. The average molecular weight is 1060 g/mol. The van der Waals surface area contributed by atoms with Crippen molar-refractivity contribution in [2.45, 2.75) is 240 Å². The van der Waals surface area contributed by atoms with Gasteiger partial charge in [-0.3, -0.25) is 19.3 Å². The summed E-state index contributed by atoms with van der Waals surface area (Å²) in [5.41, 5.74) is 3.55. The monoisotopic (exact) mass is 1060 g/mol. The Labute approximate surface area is 451 Å². The molecule has 0 aliphatic carbocycles. The van der Waals surface area contributed by atoms with Gasteiger partial charge in [-0.05, 0) is 117 Å². The number of ether oxygens (including phenoxy) is 8. The molecule has 13 nitrogen and oxygen atoms in total. The van der Waals surface area contributed by atoms with E-state index in [4.69, 9.17) is 42.3 Å². The van der Waals surface area contributed by atoms with E-state index in [9.17, 15) is 9.59 Å². The molecular weight excluding hydrogens is 979 g/mol. The first-order chi connectivity index (χ1) is 36.2. The lowest BCUT2D eigenvalue weighted by molar-refractivity contribution is -0.294. The van der Waals surface area contributed by atoms with E-state index in [0.717, 1.165) is 55.2 Å². The van der Waals surface area contributed by atoms with Crippen LogP contribution in [0.25, 0.3) is 0 Å². The number of fused-ring (bicyclic) bond motifs is 7. The first kappa shape index (κ1) is 53.2. The maximum absolute atomic E-state index is 15.8. The molecule has 1 spiro atoms. The number of ketones is 1. The van der Waals surface area contributed by atoms with Crippen molar-refractivity contribution in [2.24, 2.45) is 23.7 Å². The van der Waals surface area contributed by atoms with Crippen LogP contribution in [-0.4, -0.2) is 134 Å². The van der Waals surface area contributed by atoms with Gasteiger partial charge in [-0.15, -0.1) is 0 Å². The minimum atomic E-state index is -2.48. The molecule has 10 saturated heterocycles. The van der Waals surface area contributed by atoms with Gasteiger partial charge in [-0.25, -0.2) is 0 Å². The number of rotatable bonds is 8. The topological polar surface area (TPSA) is 138 Å². The summed E-state index contributed by atoms with van der Waals surface area (Å²) in [6, 6.07) is 17.4. The van der Waals surface area contributed by atoms with Gasteiger partial charge in [0.1, 0.15) is 41.9 Å². The van der Waals surface area contributed by atoms with Gasteiger partial charge in [0.2, 0.25) is 0 Å². The second kappa shape index (κ2) is 20.0. The first-order valence-electron chi connectivity index (χ1n) is 29.0. The SMILES string of the molecule is C=C1C[C@@H]2CC[C@@]34C[C@]5(C)O[C@H]6[C@@H](O3)[C@H]3O[C@H](CC[C@@H]3O[C@H]6[C@H]5O4)CC(=O)C(Cc3ccccc3)C3[C@@H](C)C(C[C@@H](CN4C(=O)c5ccccc5C4=O)O[Si](C)(C)C(C)(C)C)O[C@H]3CC3O[C@@H](CCC1O2)C[C@@H](C)C3=C. The summed E-state index contributed by atoms with van der Waals surface area (Å²) in [7, 11) is -2.48. The van der Waals surface area contributed by atoms with Crippen molar-refractivity contribution in [3.05, 3.63) is 95.6 Å². The number of hydrogen-bond donors (Lipinski definition) is 0. The second-order valence-electron chi connectivity index (χ2n) is 26.6. The molecule has 14 heteroatoms. The summed E-state index contributed by atoms with van der Waals surface area (Å²) in [6.45, 7) is 27.0. The van der Waals surface area contributed by atoms with Gasteiger partial charge in [0, 0.05) is 43.9 Å². The lowest BCUT2D eigenvalue weighted by atomic mass is 9.71. The van der Waals surface area contributed by atoms with Crippen LogP contribution in [0.1, 0.15) is 145 Å². The van der Waals surface area contributed by atoms with Crippen molar-refractivity contribution in [2.75, 3.05) is 6.54 Å². The van der Waals surface area contributed by atoms with Crippen molar-refractivity contribution >= 4 is 25.9 Å². The molecule has 76 heavy (non-hydrogen) atoms. The minimum Gasteiger partial charge on any atom is -0.412 e. The smallest absolute Gasteiger partial charge is 0.261 e. The van der Waals surface area contributed by atoms with Gasteiger partial charge >= 0.3 is 0 Å². The van der Waals surface area contributed by atoms with Crippen LogP contribution in [-0.2, 0) is 53.5 Å². The summed E-state index contributed by atoms with van der Waals surface area (Å²) < 4.78 is 64.1. The van der Waals surface area contributed by atoms with Crippen LogP contribution in [0.5, 0.6) is 0 Å². The summed E-state index contributed by atoms with van der Waals surface area (Å²) in [6.07, 6.45) is 4.57. The van der Waals surface area contributed by atoms with Crippen LogP contribution in [0.4, 0.5) is 0 Å². The zero-order valence-corrected chi connectivity index (χ0v) is 47.2. The Kier molecular flexibility index (Phi) is 14.0. The van der Waals surface area contributed by atoms with Crippen LogP contribution >= 0.6 is 0 Å². The molecule has 10 fully saturated rings. The van der Waals surface area contributed by atoms with Crippen molar-refractivity contribution in [3.8, 4) is 0 Å². The molecule has 2 aromatic carbocycles. The number of Topliss-reactive ketones (excluding diaryl/α,β-unsaturated/α-hetero) is 1. The Balaban J connectivity index is 0.891. The molecule has 0 aromatic heterocycles. The van der Waals surface area contributed by atoms with Gasteiger partial charge in [0.05, 0.1) is 72.6 Å². The van der Waals surface area contributed by atoms with E-state index in [1.54, 1.807) is 24.3 Å². The Morgan fingerprint density at radius 2 is 1.42 bits per heavy atom. The van der Waals surface area contributed by atoms with E-state index in [0.29, 0.717) is 49.7 Å². The van der Waals surface area contributed by atoms with Gasteiger partial charge in [0.25, 0.3) is 11.8 Å². The standard InChI is InChI=1S/C62H83NO12Si/c1-34-26-39-20-22-47-35(2)27-41(67-47)24-25-62-33-61(8)57(74-62)56-55(72-61)54(73-62)53-48(71-56)23-21-40(69-53)29-46(64)45(28-38-16-12-11-13-17-38)52-37(4)49(70-51(52)31-50(68-39)36(34)3)30-42(75-76(9,10)60(5,6)7)32-63-58(65)43-18-14-15-19-44(43)59(63)66/h11-19,34,37,39-42,45,47-57H,2-3,20-33H2,1,4-10H3/t34-,37+,39+,40-,41+,42+,45?,47?,48+,49?,50?,51+,52?,53+,54+,55+,56-,57-,61+,62-/m1/s1. The number of carbonyl (C=O) groups is 3. The molecule has 11 aliphatic rings. The summed E-state index contributed by atoms with van der Waals surface area (Å²) >= 11 is 0. The Hall–Kier alpha value is -3.41. The van der Waals surface area contributed by atoms with Gasteiger partial charge < -0.3 is 42.3 Å². The van der Waals surface area contributed by atoms with E-state index in [-0.39, 0.29) is 120 Å². The van der Waals surface area contributed by atoms with Crippen molar-refractivity contribution in [3.63, 3.8) is 0 Å². The van der Waals surface area contributed by atoms with Crippen LogP contribution in [0.15, 0.2) is 78.9 Å². The number of carbonyl (C=O) groups excluding carboxylic acids is 3. The van der Waals surface area contributed by atoms with Crippen LogP contribution in [0.3, 0.4) is 0 Å². The second-order valence-corrected chi connectivity index (χ2v) is 31.3. The Morgan fingerprint density at radius 3 is 2.16 bits per heavy atom. The van der Waals surface area contributed by atoms with Crippen LogP contribution in [0.2, 0.25) is 18.1 Å². The minimum absolute atomic E-state index is 0.00102. The lowest BCUT2D eigenvalue weighted by Gasteiger charge is -2.47. The number of amides is 2. The normalized spacial score (nSPS) is 42.8. The number of benzene rings is 2. The number of imide groups is 1. The maximum Gasteiger partial charge on any atom is 0.261 e. The predicted octanol–water partition coefficient (Wildman–Crippen LogP) is 10.3. The zero-order chi connectivity index (χ0) is 53.2. The maximum atomic E-state index is 15.8. The van der Waals surface area contributed by atoms with Crippen LogP contribution < -0.4 is 0 Å². The highest BCUT2D eigenvalue weighted by Crippen LogP contribution is 2.59. The summed E-state index contributed by atoms with van der Waals surface area (Å²) in [4.78, 5) is 45.2. The predicted molar refractivity (Wildman–Crippen MR) is 287 cm³/mol. The third kappa shape index (κ3) is 9.61. The highest BCUT2D eigenvalue weighted by molar-refractivity contribution is 6.74. The molecule has 2 amide bonds. The van der Waals surface area contributed by atoms with E-state index in [1.807, 2.05) is 18.2 Å². The molecule has 20 atom stereocenters. The summed E-state index contributed by atoms with van der Waals surface area (Å²) in [5, 5.41) is -0.149. The van der Waals surface area contributed by atoms with E-state index >= 15 is 4.79 Å². The van der Waals surface area contributed by atoms with Gasteiger partial charge in [0.15, 0.2) is 14.1 Å². The van der Waals surface area contributed by atoms with E-state index in [2.05, 4.69) is 79.9 Å². The van der Waals surface area contributed by atoms with Crippen molar-refractivity contribution in [1.82, 2.24) is 4.90 Å². The van der Waals surface area contributed by atoms with Crippen molar-refractivity contribution in [1.29, 1.82) is 0 Å². The van der Waals surface area contributed by atoms with E-state index in [1.165, 1.54) is 4.90 Å². The lowest BCUT2D eigenvalue weighted by Crippen LogP contribution is -2.62. The number of nitrogens with zero attached hydrogens (tertiary/aromatic N) is 1. The molecule has 11 heterocycles. The summed E-state index contributed by atoms with van der Waals surface area (Å²) in [5.74, 6) is -1.90.